The van der Waals surface area contributed by atoms with Gasteiger partial charge in [-0.05, 0) is 42.0 Å². The highest BCUT2D eigenvalue weighted by molar-refractivity contribution is 6.03. The van der Waals surface area contributed by atoms with Crippen LogP contribution in [0.3, 0.4) is 0 Å². The van der Waals surface area contributed by atoms with Crippen molar-refractivity contribution in [2.45, 2.75) is 6.43 Å². The second-order valence-corrected chi connectivity index (χ2v) is 5.93. The normalized spacial score (nSPS) is 11.3. The molecule has 0 aliphatic heterocycles. The van der Waals surface area contributed by atoms with Gasteiger partial charge in [0.25, 0.3) is 6.43 Å². The van der Waals surface area contributed by atoms with E-state index in [2.05, 4.69) is 0 Å². The van der Waals surface area contributed by atoms with Gasteiger partial charge in [0.2, 0.25) is 0 Å². The SMILES string of the molecule is Oc1ccc(-c2oc3c(C(F)F)cc(O)cc3c2-c2ccccc2)cc1. The molecule has 0 fully saturated rings. The van der Waals surface area contributed by atoms with E-state index < -0.39 is 6.43 Å². The molecule has 5 heteroatoms. The Morgan fingerprint density at radius 3 is 2.12 bits per heavy atom. The lowest BCUT2D eigenvalue weighted by atomic mass is 9.97. The van der Waals surface area contributed by atoms with Crippen LogP contribution in [0.5, 0.6) is 11.5 Å². The number of hydrogen-bond donors (Lipinski definition) is 2. The molecule has 0 unspecified atom stereocenters. The first-order valence-corrected chi connectivity index (χ1v) is 7.97. The molecule has 0 bridgehead atoms. The Morgan fingerprint density at radius 2 is 1.46 bits per heavy atom. The van der Waals surface area contributed by atoms with Crippen molar-refractivity contribution in [2.24, 2.45) is 0 Å². The summed E-state index contributed by atoms with van der Waals surface area (Å²) >= 11 is 0. The molecule has 0 amide bonds. The van der Waals surface area contributed by atoms with Gasteiger partial charge in [0.1, 0.15) is 22.8 Å². The number of furan rings is 1. The van der Waals surface area contributed by atoms with E-state index >= 15 is 0 Å². The maximum atomic E-state index is 13.5. The zero-order chi connectivity index (χ0) is 18.3. The summed E-state index contributed by atoms with van der Waals surface area (Å²) in [4.78, 5) is 0. The maximum absolute atomic E-state index is 13.5. The molecule has 0 spiro atoms. The van der Waals surface area contributed by atoms with E-state index in [1.54, 1.807) is 12.1 Å². The zero-order valence-electron chi connectivity index (χ0n) is 13.5. The minimum atomic E-state index is -2.79. The Hall–Kier alpha value is -3.34. The molecule has 1 heterocycles. The topological polar surface area (TPSA) is 53.6 Å². The zero-order valence-corrected chi connectivity index (χ0v) is 13.5. The fraction of sp³-hybridized carbons (Fsp3) is 0.0476. The Labute approximate surface area is 147 Å². The fourth-order valence-electron chi connectivity index (χ4n) is 3.08. The van der Waals surface area contributed by atoms with Gasteiger partial charge in [-0.2, -0.15) is 0 Å². The predicted molar refractivity (Wildman–Crippen MR) is 95.4 cm³/mol. The molecule has 4 aromatic rings. The molecule has 2 N–H and O–H groups in total. The van der Waals surface area contributed by atoms with E-state index in [0.717, 1.165) is 11.6 Å². The quantitative estimate of drug-likeness (QED) is 0.467. The molecule has 0 saturated heterocycles. The molecular weight excluding hydrogens is 338 g/mol. The first-order valence-electron chi connectivity index (χ1n) is 7.97. The molecule has 1 aromatic heterocycles. The number of phenols is 2. The third-order valence-corrected chi connectivity index (χ3v) is 4.23. The van der Waals surface area contributed by atoms with E-state index in [-0.39, 0.29) is 22.6 Å². The van der Waals surface area contributed by atoms with E-state index in [0.29, 0.717) is 22.3 Å². The third-order valence-electron chi connectivity index (χ3n) is 4.23. The summed E-state index contributed by atoms with van der Waals surface area (Å²) in [6.45, 7) is 0. The van der Waals surface area contributed by atoms with Crippen molar-refractivity contribution in [3.63, 3.8) is 0 Å². The molecule has 26 heavy (non-hydrogen) atoms. The molecule has 0 saturated carbocycles. The maximum Gasteiger partial charge on any atom is 0.267 e. The van der Waals surface area contributed by atoms with Gasteiger partial charge in [0.05, 0.1) is 5.56 Å². The molecule has 0 aliphatic rings. The van der Waals surface area contributed by atoms with Crippen molar-refractivity contribution in [1.82, 2.24) is 0 Å². The number of benzene rings is 3. The molecule has 3 aromatic carbocycles. The number of fused-ring (bicyclic) bond motifs is 1. The first kappa shape index (κ1) is 16.1. The second kappa shape index (κ2) is 6.19. The van der Waals surface area contributed by atoms with Crippen LogP contribution in [-0.4, -0.2) is 10.2 Å². The van der Waals surface area contributed by atoms with Crippen LogP contribution in [0.1, 0.15) is 12.0 Å². The number of phenolic OH excluding ortho intramolecular Hbond substituents is 2. The largest absolute Gasteiger partial charge is 0.508 e. The number of aromatic hydroxyl groups is 2. The van der Waals surface area contributed by atoms with Gasteiger partial charge in [0.15, 0.2) is 0 Å². The molecule has 4 rings (SSSR count). The summed E-state index contributed by atoms with van der Waals surface area (Å²) in [5.41, 5.74) is 1.71. The van der Waals surface area contributed by atoms with Crippen molar-refractivity contribution >= 4 is 11.0 Å². The summed E-state index contributed by atoms with van der Waals surface area (Å²) in [5, 5.41) is 19.9. The van der Waals surface area contributed by atoms with Gasteiger partial charge in [-0.15, -0.1) is 0 Å². The molecule has 3 nitrogen and oxygen atoms in total. The molecule has 0 radical (unpaired) electrons. The van der Waals surface area contributed by atoms with Gasteiger partial charge < -0.3 is 14.6 Å². The second-order valence-electron chi connectivity index (χ2n) is 5.93. The van der Waals surface area contributed by atoms with E-state index in [4.69, 9.17) is 4.42 Å². The van der Waals surface area contributed by atoms with Crippen molar-refractivity contribution in [3.8, 4) is 33.9 Å². The Kier molecular flexibility index (Phi) is 3.84. The van der Waals surface area contributed by atoms with Crippen molar-refractivity contribution in [2.75, 3.05) is 0 Å². The van der Waals surface area contributed by atoms with Gasteiger partial charge in [0, 0.05) is 16.5 Å². The first-order chi connectivity index (χ1) is 12.5. The van der Waals surface area contributed by atoms with Crippen LogP contribution in [0.2, 0.25) is 0 Å². The minimum absolute atomic E-state index is 0.0414. The lowest BCUT2D eigenvalue weighted by Crippen LogP contribution is -1.85. The Balaban J connectivity index is 2.10. The van der Waals surface area contributed by atoms with Crippen molar-refractivity contribution < 1.29 is 23.4 Å². The van der Waals surface area contributed by atoms with Crippen molar-refractivity contribution in [1.29, 1.82) is 0 Å². The standard InChI is InChI=1S/C21H14F2O3/c22-21(23)17-11-15(25)10-16-18(12-4-2-1-3-5-12)19(26-20(16)17)13-6-8-14(24)9-7-13/h1-11,21,24-25H. The number of alkyl halides is 2. The van der Waals surface area contributed by atoms with E-state index in [1.807, 2.05) is 30.3 Å². The predicted octanol–water partition coefficient (Wildman–Crippen LogP) is 6.12. The van der Waals surface area contributed by atoms with Crippen LogP contribution in [0, 0.1) is 0 Å². The smallest absolute Gasteiger partial charge is 0.267 e. The fourth-order valence-corrected chi connectivity index (χ4v) is 3.08. The van der Waals surface area contributed by atoms with Crippen LogP contribution in [-0.2, 0) is 0 Å². The lowest BCUT2D eigenvalue weighted by Gasteiger charge is -2.05. The Bertz CT molecular complexity index is 1070. The highest BCUT2D eigenvalue weighted by Gasteiger charge is 2.23. The van der Waals surface area contributed by atoms with Gasteiger partial charge in [-0.3, -0.25) is 0 Å². The van der Waals surface area contributed by atoms with Gasteiger partial charge in [-0.25, -0.2) is 8.78 Å². The van der Waals surface area contributed by atoms with Gasteiger partial charge >= 0.3 is 0 Å². The minimum Gasteiger partial charge on any atom is -0.508 e. The highest BCUT2D eigenvalue weighted by Crippen LogP contribution is 2.45. The van der Waals surface area contributed by atoms with Crippen LogP contribution in [0.15, 0.2) is 71.1 Å². The van der Waals surface area contributed by atoms with Crippen molar-refractivity contribution in [3.05, 3.63) is 72.3 Å². The third kappa shape index (κ3) is 2.67. The Morgan fingerprint density at radius 1 is 0.769 bits per heavy atom. The van der Waals surface area contributed by atoms with Crippen LogP contribution in [0.25, 0.3) is 33.4 Å². The molecular formula is C21H14F2O3. The van der Waals surface area contributed by atoms with Crippen LogP contribution < -0.4 is 0 Å². The summed E-state index contributed by atoms with van der Waals surface area (Å²) in [7, 11) is 0. The summed E-state index contributed by atoms with van der Waals surface area (Å²) < 4.78 is 32.8. The molecule has 0 aliphatic carbocycles. The summed E-state index contributed by atoms with van der Waals surface area (Å²) in [5.74, 6) is 0.249. The van der Waals surface area contributed by atoms with E-state index in [9.17, 15) is 19.0 Å². The van der Waals surface area contributed by atoms with Crippen LogP contribution in [0.4, 0.5) is 8.78 Å². The summed E-state index contributed by atoms with van der Waals surface area (Å²) in [6.07, 6.45) is -2.79. The average Bonchev–Trinajstić information content (AvgIpc) is 3.01. The highest BCUT2D eigenvalue weighted by atomic mass is 19.3. The molecule has 0 atom stereocenters. The summed E-state index contributed by atoms with van der Waals surface area (Å²) in [6, 6.07) is 18.0. The average molecular weight is 352 g/mol. The number of rotatable bonds is 3. The molecule has 130 valence electrons. The number of halogens is 2. The van der Waals surface area contributed by atoms with Gasteiger partial charge in [-0.1, -0.05) is 30.3 Å². The monoisotopic (exact) mass is 352 g/mol. The number of hydrogen-bond acceptors (Lipinski definition) is 3. The van der Waals surface area contributed by atoms with Crippen LogP contribution >= 0.6 is 0 Å². The van der Waals surface area contributed by atoms with E-state index in [1.165, 1.54) is 18.2 Å². The lowest BCUT2D eigenvalue weighted by molar-refractivity contribution is 0.151.